The molecule has 0 saturated heterocycles. The van der Waals surface area contributed by atoms with E-state index in [1.807, 2.05) is 0 Å². The van der Waals surface area contributed by atoms with E-state index < -0.39 is 16.3 Å². The second kappa shape index (κ2) is 4.91. The fourth-order valence-electron chi connectivity index (χ4n) is 2.06. The molecule has 1 aliphatic carbocycles. The summed E-state index contributed by atoms with van der Waals surface area (Å²) in [7, 11) is -3.79. The van der Waals surface area contributed by atoms with Crippen LogP contribution in [0.2, 0.25) is 0 Å². The van der Waals surface area contributed by atoms with Gasteiger partial charge in [0.15, 0.2) is 0 Å². The third-order valence-electron chi connectivity index (χ3n) is 2.75. The normalized spacial score (nSPS) is 21.1. The summed E-state index contributed by atoms with van der Waals surface area (Å²) in [6.07, 6.45) is 5.07. The highest BCUT2D eigenvalue weighted by Gasteiger charge is 2.28. The summed E-state index contributed by atoms with van der Waals surface area (Å²) in [6.45, 7) is 0. The third kappa shape index (κ3) is 4.15. The van der Waals surface area contributed by atoms with Crippen LogP contribution in [0.4, 0.5) is 0 Å². The van der Waals surface area contributed by atoms with E-state index in [2.05, 4.69) is 4.72 Å². The third-order valence-corrected chi connectivity index (χ3v) is 3.33. The summed E-state index contributed by atoms with van der Waals surface area (Å²) in [5, 5.41) is 12.3. The fraction of sp³-hybridized carbons (Fsp3) is 0.875. The van der Waals surface area contributed by atoms with E-state index in [-0.39, 0.29) is 11.8 Å². The molecule has 0 radical (unpaired) electrons. The van der Waals surface area contributed by atoms with Crippen molar-refractivity contribution in [3.05, 3.63) is 0 Å². The van der Waals surface area contributed by atoms with Crippen LogP contribution in [0.25, 0.3) is 0 Å². The number of amidine groups is 1. The van der Waals surface area contributed by atoms with Crippen molar-refractivity contribution < 1.29 is 8.42 Å². The first kappa shape index (κ1) is 12.4. The van der Waals surface area contributed by atoms with E-state index in [0.29, 0.717) is 0 Å². The molecule has 0 heterocycles. The highest BCUT2D eigenvalue weighted by molar-refractivity contribution is 7.87. The maximum Gasteiger partial charge on any atom is 0.275 e. The summed E-state index contributed by atoms with van der Waals surface area (Å²) < 4.78 is 24.0. The fourth-order valence-corrected chi connectivity index (χ4v) is 2.73. The summed E-state index contributed by atoms with van der Waals surface area (Å²) in [5.41, 5.74) is 5.38. The highest BCUT2D eigenvalue weighted by atomic mass is 32.2. The van der Waals surface area contributed by atoms with Gasteiger partial charge in [0.2, 0.25) is 0 Å². The molecule has 0 spiro atoms. The standard InChI is InChI=1S/C8H18N4O2S/c9-8(10)7(12-15(11,13)14)6-4-2-1-3-5-6/h6-7,12H,1-5H2,(H3,9,10)(H2,11,13,14). The van der Waals surface area contributed by atoms with Gasteiger partial charge in [-0.25, -0.2) is 5.14 Å². The van der Waals surface area contributed by atoms with Gasteiger partial charge in [-0.3, -0.25) is 5.41 Å². The van der Waals surface area contributed by atoms with Crippen LogP contribution < -0.4 is 15.6 Å². The van der Waals surface area contributed by atoms with Crippen LogP contribution in [0, 0.1) is 11.3 Å². The monoisotopic (exact) mass is 234 g/mol. The molecule has 6 N–H and O–H groups in total. The van der Waals surface area contributed by atoms with Gasteiger partial charge < -0.3 is 5.73 Å². The number of nitrogens with two attached hydrogens (primary N) is 2. The molecular formula is C8H18N4O2S. The molecule has 1 fully saturated rings. The number of rotatable bonds is 4. The minimum absolute atomic E-state index is 0.106. The molecule has 0 bridgehead atoms. The zero-order valence-electron chi connectivity index (χ0n) is 8.57. The molecule has 1 atom stereocenters. The molecular weight excluding hydrogens is 216 g/mol. The summed E-state index contributed by atoms with van der Waals surface area (Å²) in [6, 6.07) is -0.639. The zero-order valence-corrected chi connectivity index (χ0v) is 9.39. The van der Waals surface area contributed by atoms with Crippen molar-refractivity contribution in [1.82, 2.24) is 4.72 Å². The average molecular weight is 234 g/mol. The molecule has 0 amide bonds. The van der Waals surface area contributed by atoms with Crippen LogP contribution in [-0.2, 0) is 10.2 Å². The second-order valence-electron chi connectivity index (χ2n) is 3.99. The van der Waals surface area contributed by atoms with E-state index in [1.54, 1.807) is 0 Å². The van der Waals surface area contributed by atoms with Crippen LogP contribution >= 0.6 is 0 Å². The molecule has 15 heavy (non-hydrogen) atoms. The molecule has 1 aliphatic rings. The van der Waals surface area contributed by atoms with Crippen LogP contribution in [0.15, 0.2) is 0 Å². The van der Waals surface area contributed by atoms with Crippen LogP contribution in [0.3, 0.4) is 0 Å². The Kier molecular flexibility index (Phi) is 4.06. The predicted octanol–water partition coefficient (Wildman–Crippen LogP) is -0.336. The molecule has 1 saturated carbocycles. The van der Waals surface area contributed by atoms with Gasteiger partial charge in [-0.05, 0) is 18.8 Å². The Morgan fingerprint density at radius 2 is 1.87 bits per heavy atom. The van der Waals surface area contributed by atoms with Crippen molar-refractivity contribution in [2.24, 2.45) is 16.8 Å². The number of hydrogen-bond acceptors (Lipinski definition) is 3. The molecule has 0 aliphatic heterocycles. The lowest BCUT2D eigenvalue weighted by molar-refractivity contribution is 0.328. The van der Waals surface area contributed by atoms with E-state index in [1.165, 1.54) is 0 Å². The van der Waals surface area contributed by atoms with Crippen LogP contribution in [-0.4, -0.2) is 20.3 Å². The largest absolute Gasteiger partial charge is 0.386 e. The summed E-state index contributed by atoms with van der Waals surface area (Å²) >= 11 is 0. The first-order valence-corrected chi connectivity index (χ1v) is 6.59. The van der Waals surface area contributed by atoms with E-state index in [4.69, 9.17) is 16.3 Å². The van der Waals surface area contributed by atoms with Gasteiger partial charge in [-0.2, -0.15) is 13.1 Å². The predicted molar refractivity (Wildman–Crippen MR) is 58.5 cm³/mol. The Balaban J connectivity index is 2.68. The first-order valence-electron chi connectivity index (χ1n) is 5.04. The van der Waals surface area contributed by atoms with Crippen molar-refractivity contribution >= 4 is 16.0 Å². The topological polar surface area (TPSA) is 122 Å². The summed E-state index contributed by atoms with van der Waals surface area (Å²) in [5.74, 6) is -0.0505. The van der Waals surface area contributed by atoms with E-state index >= 15 is 0 Å². The molecule has 0 aromatic heterocycles. The van der Waals surface area contributed by atoms with Crippen molar-refractivity contribution in [3.8, 4) is 0 Å². The van der Waals surface area contributed by atoms with Crippen molar-refractivity contribution in [3.63, 3.8) is 0 Å². The Hall–Kier alpha value is -0.660. The molecule has 6 nitrogen and oxygen atoms in total. The van der Waals surface area contributed by atoms with Gasteiger partial charge >= 0.3 is 0 Å². The Morgan fingerprint density at radius 1 is 1.33 bits per heavy atom. The average Bonchev–Trinajstić information content (AvgIpc) is 2.14. The maximum absolute atomic E-state index is 10.9. The summed E-state index contributed by atoms with van der Waals surface area (Å²) in [4.78, 5) is 0. The minimum atomic E-state index is -3.79. The van der Waals surface area contributed by atoms with Crippen molar-refractivity contribution in [1.29, 1.82) is 5.41 Å². The van der Waals surface area contributed by atoms with Crippen LogP contribution in [0.5, 0.6) is 0 Å². The molecule has 0 aromatic rings. The molecule has 0 aromatic carbocycles. The molecule has 7 heteroatoms. The van der Waals surface area contributed by atoms with E-state index in [0.717, 1.165) is 32.1 Å². The Labute approximate surface area is 90.1 Å². The van der Waals surface area contributed by atoms with Gasteiger partial charge in [0.1, 0.15) is 5.84 Å². The molecule has 88 valence electrons. The SMILES string of the molecule is N=C(N)C(NS(N)(=O)=O)C1CCCCC1. The van der Waals surface area contributed by atoms with E-state index in [9.17, 15) is 8.42 Å². The lowest BCUT2D eigenvalue weighted by Gasteiger charge is -2.29. The van der Waals surface area contributed by atoms with Crippen molar-refractivity contribution in [2.75, 3.05) is 0 Å². The number of hydrogen-bond donors (Lipinski definition) is 4. The van der Waals surface area contributed by atoms with Gasteiger partial charge in [-0.15, -0.1) is 0 Å². The quantitative estimate of drug-likeness (QED) is 0.393. The molecule has 1 rings (SSSR count). The van der Waals surface area contributed by atoms with Crippen molar-refractivity contribution in [2.45, 2.75) is 38.1 Å². The van der Waals surface area contributed by atoms with Crippen LogP contribution in [0.1, 0.15) is 32.1 Å². The highest BCUT2D eigenvalue weighted by Crippen LogP contribution is 2.26. The zero-order chi connectivity index (χ0) is 11.5. The van der Waals surface area contributed by atoms with Gasteiger partial charge in [-0.1, -0.05) is 19.3 Å². The first-order chi connectivity index (χ1) is 6.90. The maximum atomic E-state index is 10.9. The van der Waals surface area contributed by atoms with Gasteiger partial charge in [0.05, 0.1) is 6.04 Å². The minimum Gasteiger partial charge on any atom is -0.386 e. The van der Waals surface area contributed by atoms with Gasteiger partial charge in [0, 0.05) is 0 Å². The Morgan fingerprint density at radius 3 is 2.27 bits per heavy atom. The number of nitrogens with one attached hydrogen (secondary N) is 2. The smallest absolute Gasteiger partial charge is 0.275 e. The Bertz CT molecular complexity index is 322. The lowest BCUT2D eigenvalue weighted by atomic mass is 9.84. The second-order valence-corrected chi connectivity index (χ2v) is 5.32. The van der Waals surface area contributed by atoms with Gasteiger partial charge in [0.25, 0.3) is 10.2 Å². The lowest BCUT2D eigenvalue weighted by Crippen LogP contribution is -2.51. The molecule has 1 unspecified atom stereocenters.